The van der Waals surface area contributed by atoms with Crippen LogP contribution in [0.15, 0.2) is 18.2 Å². The fourth-order valence-electron chi connectivity index (χ4n) is 2.97. The molecule has 0 radical (unpaired) electrons. The Bertz CT molecular complexity index is 441. The van der Waals surface area contributed by atoms with Gasteiger partial charge in [-0.25, -0.2) is 0 Å². The van der Waals surface area contributed by atoms with Gasteiger partial charge in [-0.05, 0) is 52.2 Å². The molecule has 1 rings (SSSR count). The summed E-state index contributed by atoms with van der Waals surface area (Å²) in [5.41, 5.74) is 5.41. The van der Waals surface area contributed by atoms with Crippen LogP contribution >= 0.6 is 0 Å². The van der Waals surface area contributed by atoms with E-state index in [9.17, 15) is 0 Å². The second-order valence-corrected chi connectivity index (χ2v) is 8.44. The van der Waals surface area contributed by atoms with E-state index in [1.54, 1.807) is 16.7 Å². The molecule has 0 bridgehead atoms. The Balaban J connectivity index is 3.73. The molecule has 0 heterocycles. The Hall–Kier alpha value is -0.780. The molecule has 0 amide bonds. The first-order valence-electron chi connectivity index (χ1n) is 8.68. The SMILES string of the molecule is CCC(C)(C)c1cccc(C(C)(C)CC)c1C(C)(C)CC. The van der Waals surface area contributed by atoms with Crippen LogP contribution in [0.25, 0.3) is 0 Å². The lowest BCUT2D eigenvalue weighted by atomic mass is 9.65. The van der Waals surface area contributed by atoms with Crippen LogP contribution in [0.5, 0.6) is 0 Å². The van der Waals surface area contributed by atoms with E-state index in [2.05, 4.69) is 80.5 Å². The Morgan fingerprint density at radius 3 is 1.24 bits per heavy atom. The van der Waals surface area contributed by atoms with E-state index in [1.165, 1.54) is 19.3 Å². The molecule has 0 atom stereocenters. The van der Waals surface area contributed by atoms with Crippen LogP contribution in [-0.2, 0) is 16.2 Å². The molecular weight excluding hydrogens is 252 g/mol. The minimum absolute atomic E-state index is 0.227. The molecule has 0 saturated carbocycles. The summed E-state index contributed by atoms with van der Waals surface area (Å²) >= 11 is 0. The smallest absolute Gasteiger partial charge is 0.0100 e. The highest BCUT2D eigenvalue weighted by Gasteiger charge is 2.34. The third-order valence-electron chi connectivity index (χ3n) is 5.85. The largest absolute Gasteiger partial charge is 0.0646 e. The van der Waals surface area contributed by atoms with Gasteiger partial charge in [0.2, 0.25) is 0 Å². The molecule has 0 aliphatic heterocycles. The van der Waals surface area contributed by atoms with Crippen molar-refractivity contribution in [1.29, 1.82) is 0 Å². The second kappa shape index (κ2) is 6.15. The molecule has 0 fully saturated rings. The quantitative estimate of drug-likeness (QED) is 0.543. The summed E-state index contributed by atoms with van der Waals surface area (Å²) in [7, 11) is 0. The van der Waals surface area contributed by atoms with Gasteiger partial charge in [0, 0.05) is 0 Å². The molecule has 1 aromatic rings. The van der Waals surface area contributed by atoms with E-state index in [1.807, 2.05) is 0 Å². The lowest BCUT2D eigenvalue weighted by Gasteiger charge is -2.39. The van der Waals surface area contributed by atoms with Gasteiger partial charge in [-0.1, -0.05) is 80.5 Å². The van der Waals surface area contributed by atoms with Crippen molar-refractivity contribution in [3.63, 3.8) is 0 Å². The van der Waals surface area contributed by atoms with Crippen molar-refractivity contribution in [2.24, 2.45) is 0 Å². The van der Waals surface area contributed by atoms with E-state index in [4.69, 9.17) is 0 Å². The van der Waals surface area contributed by atoms with Crippen LogP contribution < -0.4 is 0 Å². The highest BCUT2D eigenvalue weighted by Crippen LogP contribution is 2.43. The van der Waals surface area contributed by atoms with Crippen molar-refractivity contribution in [3.05, 3.63) is 34.9 Å². The summed E-state index contributed by atoms with van der Waals surface area (Å²) in [6, 6.07) is 7.01. The average Bonchev–Trinajstić information content (AvgIpc) is 2.46. The van der Waals surface area contributed by atoms with Crippen LogP contribution in [0.1, 0.15) is 98.3 Å². The van der Waals surface area contributed by atoms with Gasteiger partial charge in [0.05, 0.1) is 0 Å². The van der Waals surface area contributed by atoms with E-state index < -0.39 is 0 Å². The third kappa shape index (κ3) is 3.52. The van der Waals surface area contributed by atoms with Crippen molar-refractivity contribution in [1.82, 2.24) is 0 Å². The molecule has 21 heavy (non-hydrogen) atoms. The molecule has 0 aliphatic carbocycles. The van der Waals surface area contributed by atoms with Crippen LogP contribution in [0.3, 0.4) is 0 Å². The van der Waals surface area contributed by atoms with Gasteiger partial charge in [-0.3, -0.25) is 0 Å². The van der Waals surface area contributed by atoms with E-state index in [-0.39, 0.29) is 16.2 Å². The third-order valence-corrected chi connectivity index (χ3v) is 5.85. The zero-order valence-electron chi connectivity index (χ0n) is 15.9. The molecule has 0 spiro atoms. The summed E-state index contributed by atoms with van der Waals surface area (Å²) in [4.78, 5) is 0. The van der Waals surface area contributed by atoms with Crippen molar-refractivity contribution in [2.75, 3.05) is 0 Å². The predicted octanol–water partition coefficient (Wildman–Crippen LogP) is 6.75. The van der Waals surface area contributed by atoms with Crippen LogP contribution in [0.2, 0.25) is 0 Å². The zero-order chi connectivity index (χ0) is 16.5. The van der Waals surface area contributed by atoms with Gasteiger partial charge in [-0.2, -0.15) is 0 Å². The predicted molar refractivity (Wildman–Crippen MR) is 96.4 cm³/mol. The topological polar surface area (TPSA) is 0 Å². The molecule has 0 aromatic heterocycles. The maximum atomic E-state index is 2.41. The fourth-order valence-corrected chi connectivity index (χ4v) is 2.97. The first kappa shape index (κ1) is 18.3. The van der Waals surface area contributed by atoms with Crippen molar-refractivity contribution >= 4 is 0 Å². The monoisotopic (exact) mass is 288 g/mol. The van der Waals surface area contributed by atoms with Crippen LogP contribution in [-0.4, -0.2) is 0 Å². The van der Waals surface area contributed by atoms with Gasteiger partial charge in [0.1, 0.15) is 0 Å². The van der Waals surface area contributed by atoms with Gasteiger partial charge in [0.25, 0.3) is 0 Å². The molecule has 120 valence electrons. The highest BCUT2D eigenvalue weighted by molar-refractivity contribution is 5.47. The second-order valence-electron chi connectivity index (χ2n) is 8.44. The van der Waals surface area contributed by atoms with Crippen LogP contribution in [0, 0.1) is 0 Å². The van der Waals surface area contributed by atoms with Gasteiger partial charge < -0.3 is 0 Å². The zero-order valence-corrected chi connectivity index (χ0v) is 15.9. The Kier molecular flexibility index (Phi) is 5.35. The Labute approximate surface area is 133 Å². The minimum Gasteiger partial charge on any atom is -0.0646 e. The Morgan fingerprint density at radius 2 is 0.952 bits per heavy atom. The molecule has 0 unspecified atom stereocenters. The number of rotatable bonds is 6. The molecule has 0 N–H and O–H groups in total. The van der Waals surface area contributed by atoms with E-state index in [0.717, 1.165) is 0 Å². The fraction of sp³-hybridized carbons (Fsp3) is 0.714. The van der Waals surface area contributed by atoms with Gasteiger partial charge >= 0.3 is 0 Å². The molecule has 1 aromatic carbocycles. The normalized spacial score (nSPS) is 13.6. The van der Waals surface area contributed by atoms with Crippen molar-refractivity contribution in [3.8, 4) is 0 Å². The van der Waals surface area contributed by atoms with Crippen LogP contribution in [0.4, 0.5) is 0 Å². The summed E-state index contributed by atoms with van der Waals surface area (Å²) < 4.78 is 0. The molecular formula is C21H36. The number of hydrogen-bond acceptors (Lipinski definition) is 0. The Morgan fingerprint density at radius 1 is 0.619 bits per heavy atom. The van der Waals surface area contributed by atoms with E-state index >= 15 is 0 Å². The standard InChI is InChI=1S/C21H36/c1-10-19(4,5)16-14-13-15-17(20(6,7)11-2)18(16)21(8,9)12-3/h13-15H,10-12H2,1-9H3. The minimum atomic E-state index is 0.227. The van der Waals surface area contributed by atoms with Crippen molar-refractivity contribution < 1.29 is 0 Å². The molecule has 0 nitrogen and oxygen atoms in total. The maximum absolute atomic E-state index is 2.41. The number of benzene rings is 1. The maximum Gasteiger partial charge on any atom is -0.0100 e. The highest BCUT2D eigenvalue weighted by atomic mass is 14.4. The summed E-state index contributed by atoms with van der Waals surface area (Å²) in [6.45, 7) is 21.3. The summed E-state index contributed by atoms with van der Waals surface area (Å²) in [5.74, 6) is 0. The molecule has 0 heteroatoms. The molecule has 0 saturated heterocycles. The lowest BCUT2D eigenvalue weighted by molar-refractivity contribution is 0.427. The summed E-state index contributed by atoms with van der Waals surface area (Å²) in [5, 5.41) is 0. The van der Waals surface area contributed by atoms with Crippen molar-refractivity contribution in [2.45, 2.75) is 97.8 Å². The first-order valence-corrected chi connectivity index (χ1v) is 8.68. The summed E-state index contributed by atoms with van der Waals surface area (Å²) in [6.07, 6.45) is 3.53. The first-order chi connectivity index (χ1) is 9.53. The average molecular weight is 289 g/mol. The molecule has 0 aliphatic rings. The van der Waals surface area contributed by atoms with Gasteiger partial charge in [-0.15, -0.1) is 0 Å². The van der Waals surface area contributed by atoms with E-state index in [0.29, 0.717) is 0 Å². The lowest BCUT2D eigenvalue weighted by Crippen LogP contribution is -2.31. The van der Waals surface area contributed by atoms with Gasteiger partial charge in [0.15, 0.2) is 0 Å². The number of hydrogen-bond donors (Lipinski definition) is 0.